The van der Waals surface area contributed by atoms with Crippen molar-refractivity contribution in [2.45, 2.75) is 33.2 Å². The monoisotopic (exact) mass is 253 g/mol. The van der Waals surface area contributed by atoms with Crippen LogP contribution in [0.5, 0.6) is 0 Å². The summed E-state index contributed by atoms with van der Waals surface area (Å²) in [6.45, 7) is 7.39. The molecule has 0 amide bonds. The molecule has 0 aromatic carbocycles. The maximum atomic E-state index is 5.54. The van der Waals surface area contributed by atoms with Crippen molar-refractivity contribution in [3.05, 3.63) is 35.6 Å². The van der Waals surface area contributed by atoms with Crippen LogP contribution in [0.25, 0.3) is 0 Å². The van der Waals surface area contributed by atoms with Gasteiger partial charge >= 0.3 is 0 Å². The van der Waals surface area contributed by atoms with Gasteiger partial charge in [-0.25, -0.2) is 0 Å². The van der Waals surface area contributed by atoms with Gasteiger partial charge in [-0.15, -0.1) is 0 Å². The first-order valence-corrected chi connectivity index (χ1v) is 6.20. The standard InChI is InChI=1S/C14H23NO3/c1-11(2)15-12(3)14-8-13(10-18-14)9-17-7-5-6-16-4/h5-6,10-11,15H,7-9H2,1-4H3/b6-5+,14-12-. The van der Waals surface area contributed by atoms with Gasteiger partial charge in [0.2, 0.25) is 0 Å². The molecule has 1 aliphatic rings. The van der Waals surface area contributed by atoms with Crippen molar-refractivity contribution in [3.8, 4) is 0 Å². The molecule has 1 N–H and O–H groups in total. The third-order valence-electron chi connectivity index (χ3n) is 2.41. The number of hydrogen-bond acceptors (Lipinski definition) is 4. The molecule has 4 heteroatoms. The molecule has 0 aromatic rings. The highest BCUT2D eigenvalue weighted by atomic mass is 16.5. The molecule has 0 bridgehead atoms. The van der Waals surface area contributed by atoms with Crippen molar-refractivity contribution < 1.29 is 14.2 Å². The minimum absolute atomic E-state index is 0.417. The fourth-order valence-corrected chi connectivity index (χ4v) is 1.66. The summed E-state index contributed by atoms with van der Waals surface area (Å²) >= 11 is 0. The van der Waals surface area contributed by atoms with Crippen molar-refractivity contribution in [2.24, 2.45) is 0 Å². The van der Waals surface area contributed by atoms with Gasteiger partial charge in [0.15, 0.2) is 0 Å². The van der Waals surface area contributed by atoms with Gasteiger partial charge in [0.1, 0.15) is 5.76 Å². The number of ether oxygens (including phenoxy) is 3. The summed E-state index contributed by atoms with van der Waals surface area (Å²) < 4.78 is 15.8. The van der Waals surface area contributed by atoms with Crippen LogP contribution in [0.1, 0.15) is 27.2 Å². The van der Waals surface area contributed by atoms with Gasteiger partial charge in [0.05, 0.1) is 32.8 Å². The minimum Gasteiger partial charge on any atom is -0.505 e. The maximum absolute atomic E-state index is 5.54. The van der Waals surface area contributed by atoms with Crippen LogP contribution in [0.4, 0.5) is 0 Å². The Bertz CT molecular complexity index is 343. The van der Waals surface area contributed by atoms with Crippen LogP contribution in [-0.2, 0) is 14.2 Å². The highest BCUT2D eigenvalue weighted by molar-refractivity contribution is 5.20. The van der Waals surface area contributed by atoms with Crippen LogP contribution >= 0.6 is 0 Å². The average molecular weight is 253 g/mol. The number of rotatable bonds is 7. The Labute approximate surface area is 109 Å². The molecule has 0 unspecified atom stereocenters. The normalized spacial score (nSPS) is 17.9. The zero-order chi connectivity index (χ0) is 13.4. The molecule has 0 aliphatic carbocycles. The SMILES string of the molecule is CO/C=C/COCC1=CO/C(=C(/C)NC(C)C)C1. The molecule has 0 atom stereocenters. The molecule has 1 rings (SSSR count). The van der Waals surface area contributed by atoms with Gasteiger partial charge in [-0.1, -0.05) is 0 Å². The van der Waals surface area contributed by atoms with Gasteiger partial charge in [0.25, 0.3) is 0 Å². The third kappa shape index (κ3) is 5.27. The van der Waals surface area contributed by atoms with Crippen molar-refractivity contribution in [2.75, 3.05) is 20.3 Å². The van der Waals surface area contributed by atoms with E-state index in [1.165, 1.54) is 0 Å². The van der Waals surface area contributed by atoms with Gasteiger partial charge in [-0.05, 0) is 32.4 Å². The Balaban J connectivity index is 2.29. The predicted octanol–water partition coefficient (Wildman–Crippen LogP) is 2.70. The molecular formula is C14H23NO3. The molecule has 0 fully saturated rings. The molecule has 102 valence electrons. The van der Waals surface area contributed by atoms with Crippen molar-refractivity contribution in [3.63, 3.8) is 0 Å². The molecule has 0 spiro atoms. The maximum Gasteiger partial charge on any atom is 0.126 e. The highest BCUT2D eigenvalue weighted by Gasteiger charge is 2.14. The second kappa shape index (κ2) is 7.82. The van der Waals surface area contributed by atoms with E-state index < -0.39 is 0 Å². The van der Waals surface area contributed by atoms with Gasteiger partial charge in [-0.3, -0.25) is 0 Å². The lowest BCUT2D eigenvalue weighted by atomic mass is 10.2. The summed E-state index contributed by atoms with van der Waals surface area (Å²) in [7, 11) is 1.62. The van der Waals surface area contributed by atoms with Crippen LogP contribution in [0.15, 0.2) is 35.6 Å². The summed E-state index contributed by atoms with van der Waals surface area (Å²) in [6, 6.07) is 0.417. The lowest BCUT2D eigenvalue weighted by molar-refractivity contribution is 0.183. The second-order valence-electron chi connectivity index (χ2n) is 4.54. The van der Waals surface area contributed by atoms with Crippen LogP contribution < -0.4 is 5.32 Å². The Morgan fingerprint density at radius 1 is 1.56 bits per heavy atom. The van der Waals surface area contributed by atoms with E-state index in [0.29, 0.717) is 19.3 Å². The predicted molar refractivity (Wildman–Crippen MR) is 71.7 cm³/mol. The van der Waals surface area contributed by atoms with E-state index in [2.05, 4.69) is 19.2 Å². The molecular weight excluding hydrogens is 230 g/mol. The first-order chi connectivity index (χ1) is 8.63. The topological polar surface area (TPSA) is 39.7 Å². The molecule has 1 heterocycles. The quantitative estimate of drug-likeness (QED) is 0.559. The largest absolute Gasteiger partial charge is 0.505 e. The smallest absolute Gasteiger partial charge is 0.126 e. The lowest BCUT2D eigenvalue weighted by Gasteiger charge is -2.12. The van der Waals surface area contributed by atoms with Crippen LogP contribution in [0, 0.1) is 0 Å². The fourth-order valence-electron chi connectivity index (χ4n) is 1.66. The second-order valence-corrected chi connectivity index (χ2v) is 4.54. The zero-order valence-electron chi connectivity index (χ0n) is 11.7. The molecule has 4 nitrogen and oxygen atoms in total. The van der Waals surface area contributed by atoms with E-state index in [4.69, 9.17) is 14.2 Å². The van der Waals surface area contributed by atoms with E-state index in [0.717, 1.165) is 23.5 Å². The molecule has 18 heavy (non-hydrogen) atoms. The van der Waals surface area contributed by atoms with E-state index >= 15 is 0 Å². The Morgan fingerprint density at radius 3 is 3.00 bits per heavy atom. The lowest BCUT2D eigenvalue weighted by Crippen LogP contribution is -2.21. The minimum atomic E-state index is 0.417. The summed E-state index contributed by atoms with van der Waals surface area (Å²) in [6.07, 6.45) is 6.04. The summed E-state index contributed by atoms with van der Waals surface area (Å²) in [4.78, 5) is 0. The fraction of sp³-hybridized carbons (Fsp3) is 0.571. The highest BCUT2D eigenvalue weighted by Crippen LogP contribution is 2.23. The van der Waals surface area contributed by atoms with Crippen LogP contribution in [0.2, 0.25) is 0 Å². The summed E-state index contributed by atoms with van der Waals surface area (Å²) in [5.41, 5.74) is 2.25. The first kappa shape index (κ1) is 14.6. The van der Waals surface area contributed by atoms with E-state index in [-0.39, 0.29) is 0 Å². The first-order valence-electron chi connectivity index (χ1n) is 6.20. The molecule has 0 saturated heterocycles. The molecule has 0 radical (unpaired) electrons. The Morgan fingerprint density at radius 2 is 2.33 bits per heavy atom. The number of nitrogens with one attached hydrogen (secondary N) is 1. The average Bonchev–Trinajstić information content (AvgIpc) is 2.77. The molecule has 0 saturated carbocycles. The van der Waals surface area contributed by atoms with E-state index in [1.54, 1.807) is 19.6 Å². The van der Waals surface area contributed by atoms with Gasteiger partial charge < -0.3 is 19.5 Å². The van der Waals surface area contributed by atoms with E-state index in [1.807, 2.05) is 13.0 Å². The zero-order valence-corrected chi connectivity index (χ0v) is 11.7. The molecule has 0 aromatic heterocycles. The van der Waals surface area contributed by atoms with Crippen molar-refractivity contribution in [1.82, 2.24) is 5.32 Å². The van der Waals surface area contributed by atoms with E-state index in [9.17, 15) is 0 Å². The Hall–Kier alpha value is -1.42. The number of methoxy groups -OCH3 is 1. The van der Waals surface area contributed by atoms with Crippen LogP contribution in [-0.4, -0.2) is 26.4 Å². The number of allylic oxidation sites excluding steroid dienone is 2. The van der Waals surface area contributed by atoms with Crippen molar-refractivity contribution >= 4 is 0 Å². The van der Waals surface area contributed by atoms with Crippen LogP contribution in [0.3, 0.4) is 0 Å². The van der Waals surface area contributed by atoms with Gasteiger partial charge in [0, 0.05) is 18.2 Å². The molecule has 1 aliphatic heterocycles. The van der Waals surface area contributed by atoms with Gasteiger partial charge in [-0.2, -0.15) is 0 Å². The third-order valence-corrected chi connectivity index (χ3v) is 2.41. The number of hydrogen-bond donors (Lipinski definition) is 1. The summed E-state index contributed by atoms with van der Waals surface area (Å²) in [5.74, 6) is 0.981. The summed E-state index contributed by atoms with van der Waals surface area (Å²) in [5, 5.41) is 3.34. The van der Waals surface area contributed by atoms with Crippen molar-refractivity contribution in [1.29, 1.82) is 0 Å². The Kier molecular flexibility index (Phi) is 6.36.